The number of aromatic nitrogens is 1. The fourth-order valence-corrected chi connectivity index (χ4v) is 6.07. The number of carbonyl (C=O) groups excluding carboxylic acids is 3. The van der Waals surface area contributed by atoms with Crippen molar-refractivity contribution < 1.29 is 37.3 Å². The number of nitrogens with one attached hydrogen (secondary N) is 2. The van der Waals surface area contributed by atoms with Crippen LogP contribution in [0.15, 0.2) is 70.3 Å². The average molecular weight is 595 g/mol. The van der Waals surface area contributed by atoms with Gasteiger partial charge in [0.15, 0.2) is 6.20 Å². The van der Waals surface area contributed by atoms with Gasteiger partial charge in [0.1, 0.15) is 22.8 Å². The maximum absolute atomic E-state index is 13.1. The zero-order chi connectivity index (χ0) is 30.5. The Bertz CT molecular complexity index is 1670. The molecule has 4 aliphatic rings. The van der Waals surface area contributed by atoms with Crippen molar-refractivity contribution in [2.24, 2.45) is 15.9 Å². The highest BCUT2D eigenvalue weighted by Crippen LogP contribution is 2.42. The second-order valence-electron chi connectivity index (χ2n) is 10.8. The van der Waals surface area contributed by atoms with Crippen molar-refractivity contribution in [1.29, 1.82) is 0 Å². The van der Waals surface area contributed by atoms with Crippen molar-refractivity contribution in [1.82, 2.24) is 15.3 Å². The van der Waals surface area contributed by atoms with E-state index in [1.807, 2.05) is 4.90 Å². The summed E-state index contributed by atoms with van der Waals surface area (Å²) in [4.78, 5) is 52.7. The van der Waals surface area contributed by atoms with Crippen LogP contribution in [0.4, 0.5) is 19.0 Å². The Balaban J connectivity index is 1.33. The van der Waals surface area contributed by atoms with Crippen molar-refractivity contribution in [2.45, 2.75) is 44.8 Å². The van der Waals surface area contributed by atoms with Gasteiger partial charge >= 0.3 is 6.18 Å². The zero-order valence-electron chi connectivity index (χ0n) is 22.9. The summed E-state index contributed by atoms with van der Waals surface area (Å²) in [5.74, 6) is -1.60. The number of carbonyl (C=O) groups is 3. The molecular formula is C29H27F3N7O4+. The summed E-state index contributed by atoms with van der Waals surface area (Å²) in [5, 5.41) is 13.5. The second-order valence-corrected chi connectivity index (χ2v) is 10.8. The Morgan fingerprint density at radius 1 is 1.14 bits per heavy atom. The molecule has 4 aliphatic heterocycles. The molecule has 2 aromatic rings. The van der Waals surface area contributed by atoms with Gasteiger partial charge in [0.2, 0.25) is 11.6 Å². The number of amides is 3. The summed E-state index contributed by atoms with van der Waals surface area (Å²) in [7, 11) is 0. The first-order valence-corrected chi connectivity index (χ1v) is 13.7. The molecule has 1 unspecified atom stereocenters. The molecule has 2 fully saturated rings. The highest BCUT2D eigenvalue weighted by molar-refractivity contribution is 6.07. The summed E-state index contributed by atoms with van der Waals surface area (Å²) < 4.78 is 38.9. The number of nitrogens with zero attached hydrogens (tertiary/aromatic N) is 5. The standard InChI is InChI=1S/C29H26F3N7O4/c1-16(40)37-39-11-10-33-14-22(39)26(18-2-4-20-5-7-25(42)38(20)15-18)36-27(39)21-6-3-17(12-23(21)41)28(43)35-24-13-19(8-9-34-24)29(30,31)32/h3,6,8-14,18,20H,2,4-5,7,15H2,1H3,(H2-,33,34,35,36,37,40,41,43)/p+1/t18-,20+,39?/m1/s1. The fraction of sp³-hybridized carbons (Fsp3) is 0.310. The number of rotatable bonds is 5. The fourth-order valence-electron chi connectivity index (χ4n) is 6.07. The van der Waals surface area contributed by atoms with E-state index in [0.717, 1.165) is 31.5 Å². The SMILES string of the molecule is CC(=O)N[N+]12C=CN=CC1=C([C@@H]1CC[C@H]3CCC(=O)N3C1)N=C2c1ccc(C(=O)Nc2cc(C(F)(F)F)ccn2)cc1O. The third-order valence-electron chi connectivity index (χ3n) is 8.04. The van der Waals surface area contributed by atoms with Crippen LogP contribution in [0.1, 0.15) is 54.1 Å². The van der Waals surface area contributed by atoms with Gasteiger partial charge in [0, 0.05) is 43.6 Å². The number of piperidine rings is 1. The Morgan fingerprint density at radius 2 is 1.95 bits per heavy atom. The number of hydrogen-bond donors (Lipinski definition) is 3. The molecule has 14 heteroatoms. The number of phenols is 1. The molecule has 2 saturated heterocycles. The summed E-state index contributed by atoms with van der Waals surface area (Å²) >= 11 is 0. The van der Waals surface area contributed by atoms with E-state index in [0.29, 0.717) is 30.4 Å². The van der Waals surface area contributed by atoms with Crippen LogP contribution in [-0.4, -0.2) is 61.9 Å². The molecule has 3 amide bonds. The summed E-state index contributed by atoms with van der Waals surface area (Å²) in [6.45, 7) is 1.83. The summed E-state index contributed by atoms with van der Waals surface area (Å²) in [5.41, 5.74) is 3.30. The van der Waals surface area contributed by atoms with Gasteiger partial charge in [0.05, 0.1) is 18.0 Å². The number of alkyl halides is 3. The Kier molecular flexibility index (Phi) is 6.87. The van der Waals surface area contributed by atoms with Crippen LogP contribution < -0.4 is 10.7 Å². The van der Waals surface area contributed by atoms with Crippen LogP contribution in [0, 0.1) is 5.92 Å². The van der Waals surface area contributed by atoms with Gasteiger partial charge in [-0.25, -0.2) is 4.98 Å². The minimum atomic E-state index is -4.61. The Labute approximate surface area is 243 Å². The smallest absolute Gasteiger partial charge is 0.416 e. The predicted molar refractivity (Wildman–Crippen MR) is 148 cm³/mol. The van der Waals surface area contributed by atoms with E-state index in [9.17, 15) is 32.7 Å². The largest absolute Gasteiger partial charge is 0.507 e. The van der Waals surface area contributed by atoms with Crippen molar-refractivity contribution >= 4 is 35.6 Å². The van der Waals surface area contributed by atoms with Crippen molar-refractivity contribution in [3.8, 4) is 5.75 Å². The van der Waals surface area contributed by atoms with Crippen LogP contribution in [-0.2, 0) is 15.8 Å². The lowest BCUT2D eigenvalue weighted by atomic mass is 9.90. The quantitative estimate of drug-likeness (QED) is 0.452. The van der Waals surface area contributed by atoms with Crippen LogP contribution in [0.2, 0.25) is 0 Å². The molecule has 0 aliphatic carbocycles. The lowest BCUT2D eigenvalue weighted by Crippen LogP contribution is -2.58. The van der Waals surface area contributed by atoms with Crippen LogP contribution in [0.5, 0.6) is 5.75 Å². The third-order valence-corrected chi connectivity index (χ3v) is 8.04. The van der Waals surface area contributed by atoms with Gasteiger partial charge in [-0.3, -0.25) is 19.4 Å². The van der Waals surface area contributed by atoms with Gasteiger partial charge in [-0.15, -0.1) is 4.59 Å². The summed E-state index contributed by atoms with van der Waals surface area (Å²) in [6.07, 6.45) is 3.99. The van der Waals surface area contributed by atoms with E-state index in [1.165, 1.54) is 31.3 Å². The molecule has 5 heterocycles. The number of hydrogen-bond acceptors (Lipinski definition) is 7. The lowest BCUT2D eigenvalue weighted by molar-refractivity contribution is -0.778. The van der Waals surface area contributed by atoms with Gasteiger partial charge in [-0.2, -0.15) is 23.6 Å². The number of aromatic hydroxyl groups is 1. The van der Waals surface area contributed by atoms with Crippen LogP contribution in [0.3, 0.4) is 0 Å². The lowest BCUT2D eigenvalue weighted by Gasteiger charge is -2.35. The number of benzene rings is 1. The molecule has 1 aromatic carbocycles. The average Bonchev–Trinajstić information content (AvgIpc) is 3.49. The number of amidine groups is 1. The highest BCUT2D eigenvalue weighted by Gasteiger charge is 2.51. The van der Waals surface area contributed by atoms with E-state index in [2.05, 4.69) is 20.7 Å². The van der Waals surface area contributed by atoms with Gasteiger partial charge in [0.25, 0.3) is 17.6 Å². The third kappa shape index (κ3) is 5.07. The highest BCUT2D eigenvalue weighted by atomic mass is 19.4. The number of phenolic OH excluding ortho intramolecular Hbond substituents is 1. The van der Waals surface area contributed by atoms with Crippen LogP contribution >= 0.6 is 0 Å². The number of halogens is 3. The topological polar surface area (TPSA) is 136 Å². The van der Waals surface area contributed by atoms with Crippen LogP contribution in [0.25, 0.3) is 0 Å². The normalized spacial score (nSPS) is 24.5. The Morgan fingerprint density at radius 3 is 2.70 bits per heavy atom. The molecule has 1 aromatic heterocycles. The van der Waals surface area contributed by atoms with E-state index in [4.69, 9.17) is 4.99 Å². The van der Waals surface area contributed by atoms with Crippen molar-refractivity contribution in [3.05, 3.63) is 77.0 Å². The molecule has 3 atom stereocenters. The molecule has 222 valence electrons. The number of quaternary nitrogens is 1. The number of aliphatic imine (C=N–C) groups is 2. The minimum Gasteiger partial charge on any atom is -0.507 e. The van der Waals surface area contributed by atoms with Gasteiger partial charge in [-0.05, 0) is 49.6 Å². The molecule has 6 rings (SSSR count). The molecule has 3 N–H and O–H groups in total. The number of allylic oxidation sites excluding steroid dienone is 1. The molecule has 43 heavy (non-hydrogen) atoms. The second kappa shape index (κ2) is 10.5. The predicted octanol–water partition coefficient (Wildman–Crippen LogP) is 3.85. The molecule has 11 nitrogen and oxygen atoms in total. The van der Waals surface area contributed by atoms with Gasteiger partial charge in [-0.1, -0.05) is 0 Å². The molecule has 0 saturated carbocycles. The van der Waals surface area contributed by atoms with E-state index < -0.39 is 17.6 Å². The summed E-state index contributed by atoms with van der Waals surface area (Å²) in [6, 6.07) is 5.71. The zero-order valence-corrected chi connectivity index (χ0v) is 22.9. The first kappa shape index (κ1) is 28.3. The number of anilines is 1. The number of fused-ring (bicyclic) bond motifs is 2. The first-order chi connectivity index (χ1) is 20.5. The first-order valence-electron chi connectivity index (χ1n) is 13.7. The van der Waals surface area contributed by atoms with Gasteiger partial charge < -0.3 is 15.3 Å². The monoisotopic (exact) mass is 594 g/mol. The minimum absolute atomic E-state index is 0.0415. The molecule has 0 spiro atoms. The van der Waals surface area contributed by atoms with E-state index >= 15 is 0 Å². The number of pyridine rings is 1. The van der Waals surface area contributed by atoms with E-state index in [-0.39, 0.29) is 56.9 Å². The van der Waals surface area contributed by atoms with Crippen molar-refractivity contribution in [3.63, 3.8) is 0 Å². The molecule has 0 bridgehead atoms. The Hall–Kier alpha value is -4.85. The van der Waals surface area contributed by atoms with Crippen molar-refractivity contribution in [2.75, 3.05) is 11.9 Å². The molecule has 0 radical (unpaired) electrons. The molecular weight excluding hydrogens is 567 g/mol. The van der Waals surface area contributed by atoms with E-state index in [1.54, 1.807) is 12.4 Å². The maximum atomic E-state index is 13.1. The maximum Gasteiger partial charge on any atom is 0.416 e.